The molecule has 0 heterocycles. The maximum Gasteiger partial charge on any atom is -0.0113 e. The highest BCUT2D eigenvalue weighted by atomic mass is 14.6. The van der Waals surface area contributed by atoms with Gasteiger partial charge in [-0.1, -0.05) is 64.8 Å². The van der Waals surface area contributed by atoms with E-state index in [4.69, 9.17) is 0 Å². The molecular weight excluding hydrogens is 336 g/mol. The summed E-state index contributed by atoms with van der Waals surface area (Å²) < 4.78 is 0. The Hall–Kier alpha value is -0.520. The molecule has 4 rings (SSSR count). The summed E-state index contributed by atoms with van der Waals surface area (Å²) in [4.78, 5) is 0. The highest BCUT2D eigenvalue weighted by molar-refractivity contribution is 5.22. The predicted octanol–water partition coefficient (Wildman–Crippen LogP) is 8.97. The highest BCUT2D eigenvalue weighted by Crippen LogP contribution is 2.64. The van der Waals surface area contributed by atoms with Gasteiger partial charge in [-0.3, -0.25) is 0 Å². The maximum absolute atomic E-state index is 2.76. The fourth-order valence-electron chi connectivity index (χ4n) is 8.06. The van der Waals surface area contributed by atoms with Gasteiger partial charge in [0.05, 0.1) is 0 Å². The van der Waals surface area contributed by atoms with Crippen LogP contribution in [0.1, 0.15) is 113 Å². The topological polar surface area (TPSA) is 0 Å². The van der Waals surface area contributed by atoms with Gasteiger partial charge in [-0.2, -0.15) is 0 Å². The minimum atomic E-state index is 0.537. The SMILES string of the molecule is CC.CC/C=C(\C)[C@H]1CCC2C3CC=C4C[C@@H](C)CCC4(C)CC3CCC21C. The smallest absolute Gasteiger partial charge is 0.0113 e. The van der Waals surface area contributed by atoms with Crippen molar-refractivity contribution in [2.75, 3.05) is 0 Å². The Balaban J connectivity index is 0.00000109. The molecule has 0 radical (unpaired) electrons. The first-order chi connectivity index (χ1) is 13.4. The Morgan fingerprint density at radius 1 is 1.11 bits per heavy atom. The second-order valence-electron chi connectivity index (χ2n) is 11.1. The zero-order chi connectivity index (χ0) is 20.5. The number of hydrogen-bond acceptors (Lipinski definition) is 0. The van der Waals surface area contributed by atoms with E-state index in [-0.39, 0.29) is 0 Å². The molecule has 160 valence electrons. The van der Waals surface area contributed by atoms with Crippen LogP contribution in [0.5, 0.6) is 0 Å². The van der Waals surface area contributed by atoms with Gasteiger partial charge >= 0.3 is 0 Å². The van der Waals surface area contributed by atoms with Crippen LogP contribution in [0.15, 0.2) is 23.3 Å². The summed E-state index contributed by atoms with van der Waals surface area (Å²) >= 11 is 0. The summed E-state index contributed by atoms with van der Waals surface area (Å²) in [6.07, 6.45) is 19.6. The van der Waals surface area contributed by atoms with Crippen LogP contribution in [-0.2, 0) is 0 Å². The summed E-state index contributed by atoms with van der Waals surface area (Å²) in [6.45, 7) is 16.5. The van der Waals surface area contributed by atoms with Crippen LogP contribution in [0.25, 0.3) is 0 Å². The average Bonchev–Trinajstić information content (AvgIpc) is 2.95. The average molecular weight is 385 g/mol. The first kappa shape index (κ1) is 22.2. The van der Waals surface area contributed by atoms with Crippen molar-refractivity contribution in [1.29, 1.82) is 0 Å². The Labute approximate surface area is 176 Å². The zero-order valence-corrected chi connectivity index (χ0v) is 20.1. The summed E-state index contributed by atoms with van der Waals surface area (Å²) in [5, 5.41) is 0. The van der Waals surface area contributed by atoms with Crippen LogP contribution >= 0.6 is 0 Å². The molecule has 28 heavy (non-hydrogen) atoms. The lowest BCUT2D eigenvalue weighted by Gasteiger charge is -2.50. The van der Waals surface area contributed by atoms with E-state index in [9.17, 15) is 0 Å². The van der Waals surface area contributed by atoms with Gasteiger partial charge in [-0.15, -0.1) is 0 Å². The standard InChI is InChI=1S/C26H42.C2H6/c1-6-7-19(3)23-10-11-24-22-9-8-21-16-18(2)12-14-25(21,4)17-20(22)13-15-26(23,24)5;1-2/h7-8,18,20,22-24H,6,9-17H2,1-5H3;1-2H3/b19-7+;/t18-,20?,22?,23+,24?,25?,26?;/m0./s1. The fraction of sp³-hybridized carbons (Fsp3) is 0.857. The van der Waals surface area contributed by atoms with Crippen molar-refractivity contribution in [3.05, 3.63) is 23.3 Å². The Morgan fingerprint density at radius 2 is 1.86 bits per heavy atom. The number of rotatable bonds is 2. The Morgan fingerprint density at radius 3 is 2.57 bits per heavy atom. The van der Waals surface area contributed by atoms with Crippen LogP contribution in [0.4, 0.5) is 0 Å². The van der Waals surface area contributed by atoms with E-state index >= 15 is 0 Å². The molecule has 7 atom stereocenters. The molecule has 0 bridgehead atoms. The summed E-state index contributed by atoms with van der Waals surface area (Å²) in [6, 6.07) is 0. The van der Waals surface area contributed by atoms with Crippen LogP contribution in [0.3, 0.4) is 0 Å². The van der Waals surface area contributed by atoms with Gasteiger partial charge in [-0.25, -0.2) is 0 Å². The minimum absolute atomic E-state index is 0.537. The lowest BCUT2D eigenvalue weighted by atomic mass is 9.54. The Kier molecular flexibility index (Phi) is 6.88. The lowest BCUT2D eigenvalue weighted by Crippen LogP contribution is -2.42. The van der Waals surface area contributed by atoms with Crippen molar-refractivity contribution < 1.29 is 0 Å². The molecule has 0 aliphatic heterocycles. The fourth-order valence-corrected chi connectivity index (χ4v) is 8.06. The van der Waals surface area contributed by atoms with E-state index in [1.165, 1.54) is 64.2 Å². The van der Waals surface area contributed by atoms with Crippen molar-refractivity contribution in [2.45, 2.75) is 113 Å². The maximum atomic E-state index is 2.76. The molecule has 0 spiro atoms. The molecular formula is C28H48. The van der Waals surface area contributed by atoms with Crippen molar-refractivity contribution in [2.24, 2.45) is 40.4 Å². The molecule has 0 N–H and O–H groups in total. The number of allylic oxidation sites excluding steroid dienone is 4. The lowest BCUT2D eigenvalue weighted by molar-refractivity contribution is 0.00821. The molecule has 0 saturated heterocycles. The second-order valence-corrected chi connectivity index (χ2v) is 11.1. The number of hydrogen-bond donors (Lipinski definition) is 0. The molecule has 0 nitrogen and oxygen atoms in total. The van der Waals surface area contributed by atoms with Gasteiger partial charge in [0.25, 0.3) is 0 Å². The van der Waals surface area contributed by atoms with E-state index in [0.717, 1.165) is 29.6 Å². The van der Waals surface area contributed by atoms with Gasteiger partial charge in [0, 0.05) is 0 Å². The highest BCUT2D eigenvalue weighted by Gasteiger charge is 2.55. The van der Waals surface area contributed by atoms with E-state index in [1.807, 2.05) is 19.4 Å². The zero-order valence-electron chi connectivity index (χ0n) is 20.1. The molecule has 0 aromatic carbocycles. The van der Waals surface area contributed by atoms with Gasteiger partial charge < -0.3 is 0 Å². The summed E-state index contributed by atoms with van der Waals surface area (Å²) in [5.74, 6) is 4.72. The summed E-state index contributed by atoms with van der Waals surface area (Å²) in [5.41, 5.74) is 4.68. The first-order valence-corrected chi connectivity index (χ1v) is 12.7. The van der Waals surface area contributed by atoms with Gasteiger partial charge in [-0.05, 0) is 112 Å². The van der Waals surface area contributed by atoms with Crippen LogP contribution in [-0.4, -0.2) is 0 Å². The van der Waals surface area contributed by atoms with E-state index < -0.39 is 0 Å². The van der Waals surface area contributed by atoms with Gasteiger partial charge in [0.1, 0.15) is 0 Å². The molecule has 3 fully saturated rings. The largest absolute Gasteiger partial charge is 0.0856 e. The molecule has 0 heteroatoms. The van der Waals surface area contributed by atoms with E-state index in [0.29, 0.717) is 10.8 Å². The monoisotopic (exact) mass is 384 g/mol. The van der Waals surface area contributed by atoms with Crippen LogP contribution in [0.2, 0.25) is 0 Å². The summed E-state index contributed by atoms with van der Waals surface area (Å²) in [7, 11) is 0. The third kappa shape index (κ3) is 3.79. The molecule has 4 aliphatic rings. The van der Waals surface area contributed by atoms with Crippen LogP contribution in [0, 0.1) is 40.4 Å². The second kappa shape index (κ2) is 8.69. The predicted molar refractivity (Wildman–Crippen MR) is 124 cm³/mol. The molecule has 4 aliphatic carbocycles. The van der Waals surface area contributed by atoms with Crippen LogP contribution < -0.4 is 0 Å². The molecule has 5 unspecified atom stereocenters. The van der Waals surface area contributed by atoms with Crippen molar-refractivity contribution in [3.63, 3.8) is 0 Å². The molecule has 3 saturated carbocycles. The van der Waals surface area contributed by atoms with E-state index in [2.05, 4.69) is 46.8 Å². The third-order valence-corrected chi connectivity index (χ3v) is 9.54. The normalized spacial score (nSPS) is 45.6. The van der Waals surface area contributed by atoms with Gasteiger partial charge in [0.15, 0.2) is 0 Å². The van der Waals surface area contributed by atoms with Crippen molar-refractivity contribution in [3.8, 4) is 0 Å². The van der Waals surface area contributed by atoms with Crippen molar-refractivity contribution >= 4 is 0 Å². The molecule has 0 aromatic rings. The quantitative estimate of drug-likeness (QED) is 0.417. The number of fused-ring (bicyclic) bond motifs is 4. The molecule has 0 aromatic heterocycles. The first-order valence-electron chi connectivity index (χ1n) is 12.7. The minimum Gasteiger partial charge on any atom is -0.0856 e. The Bertz CT molecular complexity index is 595. The molecule has 0 amide bonds. The third-order valence-electron chi connectivity index (χ3n) is 9.54. The van der Waals surface area contributed by atoms with Crippen molar-refractivity contribution in [1.82, 2.24) is 0 Å². The van der Waals surface area contributed by atoms with E-state index in [1.54, 1.807) is 5.57 Å². The van der Waals surface area contributed by atoms with Gasteiger partial charge in [0.2, 0.25) is 0 Å².